The molecule has 2 nitrogen and oxygen atoms in total. The second kappa shape index (κ2) is 8.25. The van der Waals surface area contributed by atoms with E-state index in [1.807, 2.05) is 0 Å². The van der Waals surface area contributed by atoms with Crippen molar-refractivity contribution in [2.24, 2.45) is 11.7 Å². The van der Waals surface area contributed by atoms with Crippen LogP contribution in [0.1, 0.15) is 52.9 Å². The van der Waals surface area contributed by atoms with E-state index in [2.05, 4.69) is 20.8 Å². The lowest BCUT2D eigenvalue weighted by Crippen LogP contribution is -2.36. The molecule has 2 N–H and O–H groups in total. The molecule has 0 heterocycles. The maximum atomic E-state index is 6.08. The summed E-state index contributed by atoms with van der Waals surface area (Å²) >= 11 is 0. The van der Waals surface area contributed by atoms with Gasteiger partial charge in [0.25, 0.3) is 0 Å². The Labute approximate surface area is 89.2 Å². The van der Waals surface area contributed by atoms with Crippen LogP contribution in [0.4, 0.5) is 0 Å². The summed E-state index contributed by atoms with van der Waals surface area (Å²) in [5.74, 6) is 0.786. The van der Waals surface area contributed by atoms with Crippen molar-refractivity contribution in [2.45, 2.75) is 65.0 Å². The van der Waals surface area contributed by atoms with Crippen LogP contribution in [-0.4, -0.2) is 19.3 Å². The zero-order valence-corrected chi connectivity index (χ0v) is 10.3. The molecule has 0 saturated heterocycles. The van der Waals surface area contributed by atoms with Gasteiger partial charge in [-0.3, -0.25) is 0 Å². The third-order valence-corrected chi connectivity index (χ3v) is 2.67. The second-order valence-corrected chi connectivity index (χ2v) is 4.55. The molecule has 0 amide bonds. The highest BCUT2D eigenvalue weighted by Gasteiger charge is 2.15. The summed E-state index contributed by atoms with van der Waals surface area (Å²) in [6, 6.07) is 0.221. The van der Waals surface area contributed by atoms with Gasteiger partial charge in [0.2, 0.25) is 0 Å². The lowest BCUT2D eigenvalue weighted by molar-refractivity contribution is 0.0692. The van der Waals surface area contributed by atoms with Crippen molar-refractivity contribution >= 4 is 0 Å². The lowest BCUT2D eigenvalue weighted by atomic mass is 9.98. The first-order valence-electron chi connectivity index (χ1n) is 5.90. The van der Waals surface area contributed by atoms with E-state index in [4.69, 9.17) is 10.5 Å². The predicted octanol–water partition coefficient (Wildman–Crippen LogP) is 2.96. The van der Waals surface area contributed by atoms with Gasteiger partial charge in [-0.15, -0.1) is 0 Å². The van der Waals surface area contributed by atoms with E-state index in [9.17, 15) is 0 Å². The quantitative estimate of drug-likeness (QED) is 0.655. The van der Waals surface area contributed by atoms with Gasteiger partial charge in [0.1, 0.15) is 0 Å². The second-order valence-electron chi connectivity index (χ2n) is 4.55. The van der Waals surface area contributed by atoms with E-state index >= 15 is 0 Å². The molecular weight excluding hydrogens is 174 g/mol. The molecule has 0 bridgehead atoms. The van der Waals surface area contributed by atoms with Gasteiger partial charge in [-0.05, 0) is 18.8 Å². The topological polar surface area (TPSA) is 35.2 Å². The average molecular weight is 201 g/mol. The third-order valence-electron chi connectivity index (χ3n) is 2.67. The maximum absolute atomic E-state index is 6.08. The largest absolute Gasteiger partial charge is 0.380 e. The molecule has 0 aliphatic rings. The van der Waals surface area contributed by atoms with E-state index in [0.717, 1.165) is 25.2 Å². The summed E-state index contributed by atoms with van der Waals surface area (Å²) in [4.78, 5) is 0. The molecule has 0 saturated carbocycles. The highest BCUT2D eigenvalue weighted by Crippen LogP contribution is 2.13. The molecule has 0 aliphatic heterocycles. The summed E-state index contributed by atoms with van der Waals surface area (Å²) in [6.45, 7) is 6.68. The van der Waals surface area contributed by atoms with Crippen molar-refractivity contribution in [1.29, 1.82) is 0 Å². The fourth-order valence-corrected chi connectivity index (χ4v) is 1.74. The van der Waals surface area contributed by atoms with Crippen molar-refractivity contribution in [2.75, 3.05) is 7.11 Å². The lowest BCUT2D eigenvalue weighted by Gasteiger charge is -2.22. The number of hydrogen-bond acceptors (Lipinski definition) is 2. The predicted molar refractivity (Wildman–Crippen MR) is 62.4 cm³/mol. The Morgan fingerprint density at radius 2 is 1.79 bits per heavy atom. The zero-order chi connectivity index (χ0) is 11.0. The molecule has 2 unspecified atom stereocenters. The molecule has 2 atom stereocenters. The molecule has 14 heavy (non-hydrogen) atoms. The summed E-state index contributed by atoms with van der Waals surface area (Å²) in [5.41, 5.74) is 6.08. The fraction of sp³-hybridized carbons (Fsp3) is 1.00. The normalized spacial score (nSPS) is 15.9. The molecule has 0 aromatic carbocycles. The van der Waals surface area contributed by atoms with Gasteiger partial charge in [0.05, 0.1) is 6.10 Å². The van der Waals surface area contributed by atoms with Crippen molar-refractivity contribution in [3.8, 4) is 0 Å². The third kappa shape index (κ3) is 6.39. The summed E-state index contributed by atoms with van der Waals surface area (Å²) in [6.07, 6.45) is 6.08. The van der Waals surface area contributed by atoms with Crippen LogP contribution >= 0.6 is 0 Å². The Morgan fingerprint density at radius 1 is 1.14 bits per heavy atom. The Kier molecular flexibility index (Phi) is 8.20. The van der Waals surface area contributed by atoms with Gasteiger partial charge in [-0.25, -0.2) is 0 Å². The van der Waals surface area contributed by atoms with Crippen LogP contribution in [0, 0.1) is 5.92 Å². The molecule has 0 rings (SSSR count). The van der Waals surface area contributed by atoms with Crippen LogP contribution in [0.3, 0.4) is 0 Å². The van der Waals surface area contributed by atoms with Crippen LogP contribution in [-0.2, 0) is 4.74 Å². The van der Waals surface area contributed by atoms with Crippen LogP contribution in [0.5, 0.6) is 0 Å². The standard InChI is InChI=1S/C12H27NO/c1-5-7-12(14-4)11(13)9-6-8-10(2)3/h10-12H,5-9,13H2,1-4H3. The summed E-state index contributed by atoms with van der Waals surface area (Å²) in [7, 11) is 1.77. The molecule has 0 radical (unpaired) electrons. The van der Waals surface area contributed by atoms with Gasteiger partial charge < -0.3 is 10.5 Å². The van der Waals surface area contributed by atoms with E-state index in [1.54, 1.807) is 7.11 Å². The van der Waals surface area contributed by atoms with Gasteiger partial charge in [-0.2, -0.15) is 0 Å². The number of nitrogens with two attached hydrogens (primary N) is 1. The van der Waals surface area contributed by atoms with Gasteiger partial charge in [0, 0.05) is 13.2 Å². The Bertz CT molecular complexity index is 125. The average Bonchev–Trinajstić information content (AvgIpc) is 2.13. The Hall–Kier alpha value is -0.0800. The van der Waals surface area contributed by atoms with Crippen molar-refractivity contribution < 1.29 is 4.74 Å². The highest BCUT2D eigenvalue weighted by atomic mass is 16.5. The van der Waals surface area contributed by atoms with E-state index < -0.39 is 0 Å². The summed E-state index contributed by atoms with van der Waals surface area (Å²) < 4.78 is 5.39. The minimum Gasteiger partial charge on any atom is -0.380 e. The fourth-order valence-electron chi connectivity index (χ4n) is 1.74. The molecular formula is C12H27NO. The highest BCUT2D eigenvalue weighted by molar-refractivity contribution is 4.72. The SMILES string of the molecule is CCCC(OC)C(N)CCCC(C)C. The Balaban J connectivity index is 3.63. The first-order chi connectivity index (χ1) is 6.61. The number of ether oxygens (including phenoxy) is 1. The molecule has 0 aromatic rings. The van der Waals surface area contributed by atoms with E-state index in [0.29, 0.717) is 0 Å². The van der Waals surface area contributed by atoms with Gasteiger partial charge in [-0.1, -0.05) is 40.0 Å². The van der Waals surface area contributed by atoms with E-state index in [-0.39, 0.29) is 12.1 Å². The molecule has 0 spiro atoms. The number of hydrogen-bond donors (Lipinski definition) is 1. The van der Waals surface area contributed by atoms with Crippen LogP contribution in [0.2, 0.25) is 0 Å². The molecule has 0 fully saturated rings. The first kappa shape index (κ1) is 13.9. The summed E-state index contributed by atoms with van der Waals surface area (Å²) in [5, 5.41) is 0. The number of methoxy groups -OCH3 is 1. The molecule has 2 heteroatoms. The van der Waals surface area contributed by atoms with Gasteiger partial charge >= 0.3 is 0 Å². The van der Waals surface area contributed by atoms with Crippen molar-refractivity contribution in [3.05, 3.63) is 0 Å². The maximum Gasteiger partial charge on any atom is 0.0722 e. The molecule has 86 valence electrons. The Morgan fingerprint density at radius 3 is 2.21 bits per heavy atom. The smallest absolute Gasteiger partial charge is 0.0722 e. The zero-order valence-electron chi connectivity index (χ0n) is 10.3. The van der Waals surface area contributed by atoms with Gasteiger partial charge in [0.15, 0.2) is 0 Å². The number of rotatable bonds is 8. The monoisotopic (exact) mass is 201 g/mol. The van der Waals surface area contributed by atoms with Crippen molar-refractivity contribution in [1.82, 2.24) is 0 Å². The van der Waals surface area contributed by atoms with Crippen LogP contribution < -0.4 is 5.73 Å². The van der Waals surface area contributed by atoms with E-state index in [1.165, 1.54) is 12.8 Å². The minimum atomic E-state index is 0.221. The first-order valence-corrected chi connectivity index (χ1v) is 5.90. The minimum absolute atomic E-state index is 0.221. The molecule has 0 aliphatic carbocycles. The van der Waals surface area contributed by atoms with Crippen LogP contribution in [0.15, 0.2) is 0 Å². The van der Waals surface area contributed by atoms with Crippen molar-refractivity contribution in [3.63, 3.8) is 0 Å². The van der Waals surface area contributed by atoms with Crippen LogP contribution in [0.25, 0.3) is 0 Å². The molecule has 0 aromatic heterocycles.